The molecule has 0 aromatic heterocycles. The minimum absolute atomic E-state index is 0.0768. The van der Waals surface area contributed by atoms with Gasteiger partial charge in [-0.25, -0.2) is 8.42 Å². The summed E-state index contributed by atoms with van der Waals surface area (Å²) < 4.78 is 24.1. The molecule has 19 heavy (non-hydrogen) atoms. The van der Waals surface area contributed by atoms with E-state index >= 15 is 0 Å². The summed E-state index contributed by atoms with van der Waals surface area (Å²) in [7, 11) is -3.07. The Morgan fingerprint density at radius 2 is 1.79 bits per heavy atom. The van der Waals surface area contributed by atoms with E-state index in [-0.39, 0.29) is 22.2 Å². The monoisotopic (exact) mass is 288 g/mol. The molecule has 3 nitrogen and oxygen atoms in total. The van der Waals surface area contributed by atoms with Crippen molar-refractivity contribution in [1.82, 2.24) is 0 Å². The topological polar surface area (TPSA) is 51.2 Å². The molecule has 0 spiro atoms. The van der Waals surface area contributed by atoms with Crippen molar-refractivity contribution in [3.8, 4) is 0 Å². The summed E-state index contributed by atoms with van der Waals surface area (Å²) in [5, 5.41) is -0.356. The van der Waals surface area contributed by atoms with Crippen LogP contribution >= 0.6 is 0 Å². The van der Waals surface area contributed by atoms with Crippen LogP contribution in [-0.2, 0) is 14.6 Å². The number of hydrogen-bond donors (Lipinski definition) is 0. The summed E-state index contributed by atoms with van der Waals surface area (Å²) in [6, 6.07) is 0. The van der Waals surface area contributed by atoms with Crippen LogP contribution in [0, 0.1) is 10.8 Å². The van der Waals surface area contributed by atoms with Crippen LogP contribution in [0.5, 0.6) is 0 Å². The van der Waals surface area contributed by atoms with E-state index in [0.29, 0.717) is 12.8 Å². The van der Waals surface area contributed by atoms with E-state index in [1.807, 2.05) is 6.92 Å². The van der Waals surface area contributed by atoms with Crippen LogP contribution in [0.2, 0.25) is 0 Å². The number of sulfone groups is 1. The molecule has 4 heteroatoms. The largest absolute Gasteiger partial charge is 0.299 e. The zero-order valence-electron chi connectivity index (χ0n) is 13.0. The highest BCUT2D eigenvalue weighted by molar-refractivity contribution is 7.91. The lowest BCUT2D eigenvalue weighted by atomic mass is 9.63. The molecule has 1 aliphatic carbocycles. The van der Waals surface area contributed by atoms with Crippen LogP contribution < -0.4 is 0 Å². The zero-order chi connectivity index (χ0) is 14.9. The van der Waals surface area contributed by atoms with Gasteiger partial charge in [-0.15, -0.1) is 0 Å². The maximum absolute atomic E-state index is 12.4. The van der Waals surface area contributed by atoms with Gasteiger partial charge in [0.1, 0.15) is 5.78 Å². The first-order valence-corrected chi connectivity index (χ1v) is 9.05. The van der Waals surface area contributed by atoms with Gasteiger partial charge in [0.25, 0.3) is 0 Å². The number of rotatable bonds is 6. The van der Waals surface area contributed by atoms with Crippen molar-refractivity contribution >= 4 is 15.6 Å². The molecule has 1 atom stereocenters. The van der Waals surface area contributed by atoms with E-state index < -0.39 is 15.3 Å². The molecule has 1 rings (SSSR count). The molecule has 0 aromatic carbocycles. The second-order valence-electron chi connectivity index (χ2n) is 6.76. The van der Waals surface area contributed by atoms with E-state index in [0.717, 1.165) is 19.3 Å². The maximum Gasteiger partial charge on any atom is 0.152 e. The Balaban J connectivity index is 2.99. The molecule has 0 aliphatic heterocycles. The van der Waals surface area contributed by atoms with E-state index in [2.05, 4.69) is 13.8 Å². The fraction of sp³-hybridized carbons (Fsp3) is 0.933. The third kappa shape index (κ3) is 3.04. The second kappa shape index (κ2) is 5.55. The predicted octanol–water partition coefficient (Wildman–Crippen LogP) is 3.38. The average Bonchev–Trinajstić information content (AvgIpc) is 2.61. The number of Topliss-reactive ketones (excluding diaryl/α,β-unsaturated/α-hetero) is 1. The Hall–Kier alpha value is -0.380. The highest BCUT2D eigenvalue weighted by atomic mass is 32.2. The standard InChI is InChI=1S/C15H28O3S/c1-6-13(16)15(9-7-8-14(15,4)5)10-11-19(17,18)12(2)3/h12H,6-11H2,1-5H3. The first-order valence-electron chi connectivity index (χ1n) is 7.34. The average molecular weight is 288 g/mol. The number of carbonyl (C=O) groups is 1. The van der Waals surface area contributed by atoms with Crippen molar-refractivity contribution < 1.29 is 13.2 Å². The summed E-state index contributed by atoms with van der Waals surface area (Å²) in [5.74, 6) is 0.383. The normalized spacial score (nSPS) is 26.8. The number of ketones is 1. The Morgan fingerprint density at radius 1 is 1.21 bits per heavy atom. The van der Waals surface area contributed by atoms with Crippen LogP contribution in [0.15, 0.2) is 0 Å². The Labute approximate surface area is 118 Å². The summed E-state index contributed by atoms with van der Waals surface area (Å²) >= 11 is 0. The van der Waals surface area contributed by atoms with E-state index in [9.17, 15) is 13.2 Å². The van der Waals surface area contributed by atoms with Crippen molar-refractivity contribution in [2.45, 2.75) is 72.0 Å². The molecule has 0 amide bonds. The van der Waals surface area contributed by atoms with Gasteiger partial charge in [0, 0.05) is 11.8 Å². The van der Waals surface area contributed by atoms with Gasteiger partial charge in [-0.1, -0.05) is 27.2 Å². The lowest BCUT2D eigenvalue weighted by molar-refractivity contribution is -0.133. The third-order valence-corrected chi connectivity index (χ3v) is 7.30. The van der Waals surface area contributed by atoms with Crippen LogP contribution in [0.25, 0.3) is 0 Å². The number of carbonyl (C=O) groups excluding carboxylic acids is 1. The van der Waals surface area contributed by atoms with E-state index in [1.165, 1.54) is 0 Å². The highest BCUT2D eigenvalue weighted by Gasteiger charge is 2.52. The lowest BCUT2D eigenvalue weighted by Gasteiger charge is -2.40. The van der Waals surface area contributed by atoms with Gasteiger partial charge in [0.2, 0.25) is 0 Å². The predicted molar refractivity (Wildman–Crippen MR) is 78.9 cm³/mol. The van der Waals surface area contributed by atoms with Crippen LogP contribution in [-0.4, -0.2) is 25.2 Å². The third-order valence-electron chi connectivity index (χ3n) is 5.09. The van der Waals surface area contributed by atoms with Crippen molar-refractivity contribution in [3.63, 3.8) is 0 Å². The molecule has 1 aliphatic rings. The van der Waals surface area contributed by atoms with E-state index in [1.54, 1.807) is 13.8 Å². The van der Waals surface area contributed by atoms with Crippen molar-refractivity contribution in [2.75, 3.05) is 5.75 Å². The quantitative estimate of drug-likeness (QED) is 0.753. The molecule has 0 heterocycles. The summed E-state index contributed by atoms with van der Waals surface area (Å²) in [4.78, 5) is 12.4. The Kier molecular flexibility index (Phi) is 4.87. The molecule has 1 unspecified atom stereocenters. The zero-order valence-corrected chi connectivity index (χ0v) is 13.8. The van der Waals surface area contributed by atoms with Gasteiger partial charge < -0.3 is 0 Å². The molecular formula is C15H28O3S. The first kappa shape index (κ1) is 16.7. The molecular weight excluding hydrogens is 260 g/mol. The summed E-state index contributed by atoms with van der Waals surface area (Å²) in [6.07, 6.45) is 3.89. The van der Waals surface area contributed by atoms with Gasteiger partial charge in [-0.3, -0.25) is 4.79 Å². The SMILES string of the molecule is CCC(=O)C1(CCS(=O)(=O)C(C)C)CCCC1(C)C. The van der Waals surface area contributed by atoms with Gasteiger partial charge >= 0.3 is 0 Å². The highest BCUT2D eigenvalue weighted by Crippen LogP contribution is 2.55. The molecule has 0 radical (unpaired) electrons. The molecule has 1 saturated carbocycles. The summed E-state index contributed by atoms with van der Waals surface area (Å²) in [6.45, 7) is 9.55. The van der Waals surface area contributed by atoms with Crippen LogP contribution in [0.3, 0.4) is 0 Å². The van der Waals surface area contributed by atoms with Crippen molar-refractivity contribution in [3.05, 3.63) is 0 Å². The minimum Gasteiger partial charge on any atom is -0.299 e. The van der Waals surface area contributed by atoms with Gasteiger partial charge in [0.05, 0.1) is 11.0 Å². The van der Waals surface area contributed by atoms with Crippen LogP contribution in [0.1, 0.15) is 66.7 Å². The number of hydrogen-bond acceptors (Lipinski definition) is 3. The van der Waals surface area contributed by atoms with Crippen molar-refractivity contribution in [2.24, 2.45) is 10.8 Å². The fourth-order valence-corrected chi connectivity index (χ4v) is 4.52. The van der Waals surface area contributed by atoms with Gasteiger partial charge in [-0.2, -0.15) is 0 Å². The van der Waals surface area contributed by atoms with Crippen LogP contribution in [0.4, 0.5) is 0 Å². The van der Waals surface area contributed by atoms with Gasteiger partial charge in [-0.05, 0) is 38.5 Å². The van der Waals surface area contributed by atoms with Gasteiger partial charge in [0.15, 0.2) is 9.84 Å². The molecule has 0 bridgehead atoms. The molecule has 0 N–H and O–H groups in total. The summed E-state index contributed by atoms with van der Waals surface area (Å²) in [5.41, 5.74) is -0.504. The fourth-order valence-electron chi connectivity index (χ4n) is 3.42. The molecule has 0 saturated heterocycles. The Bertz CT molecular complexity index is 434. The minimum atomic E-state index is -3.07. The molecule has 112 valence electrons. The lowest BCUT2D eigenvalue weighted by Crippen LogP contribution is -2.42. The first-order chi connectivity index (χ1) is 8.59. The van der Waals surface area contributed by atoms with E-state index in [4.69, 9.17) is 0 Å². The second-order valence-corrected chi connectivity index (χ2v) is 9.44. The smallest absolute Gasteiger partial charge is 0.152 e. The Morgan fingerprint density at radius 3 is 2.16 bits per heavy atom. The molecule has 0 aromatic rings. The maximum atomic E-state index is 12.4. The molecule has 1 fully saturated rings. The van der Waals surface area contributed by atoms with Crippen molar-refractivity contribution in [1.29, 1.82) is 0 Å².